The van der Waals surface area contributed by atoms with Crippen molar-refractivity contribution in [2.45, 2.75) is 0 Å². The monoisotopic (exact) mass is 419 g/mol. The van der Waals surface area contributed by atoms with Crippen molar-refractivity contribution in [3.63, 3.8) is 0 Å². The highest BCUT2D eigenvalue weighted by molar-refractivity contribution is 6.37. The summed E-state index contributed by atoms with van der Waals surface area (Å²) in [6.45, 7) is -0.344. The Hall–Kier alpha value is -3.21. The second-order valence-corrected chi connectivity index (χ2v) is 6.51. The van der Waals surface area contributed by atoms with E-state index in [4.69, 9.17) is 23.2 Å². The largest absolute Gasteiger partial charge is 0.506 e. The third kappa shape index (κ3) is 4.94. The van der Waals surface area contributed by atoms with Crippen LogP contribution in [0.1, 0.15) is 5.56 Å². The Morgan fingerprint density at radius 2 is 1.75 bits per heavy atom. The molecule has 0 heterocycles. The number of nitrogens with zero attached hydrogens (tertiary/aromatic N) is 2. The van der Waals surface area contributed by atoms with Gasteiger partial charge in [0.15, 0.2) is 11.3 Å². The first-order valence-electron chi connectivity index (χ1n) is 7.86. The average Bonchev–Trinajstić information content (AvgIpc) is 2.66. The minimum Gasteiger partial charge on any atom is -0.506 e. The van der Waals surface area contributed by atoms with Crippen molar-refractivity contribution in [3.8, 4) is 11.8 Å². The normalized spacial score (nSPS) is 11.2. The van der Waals surface area contributed by atoms with E-state index in [0.717, 1.165) is 17.0 Å². The molecular weight excluding hydrogens is 405 g/mol. The van der Waals surface area contributed by atoms with E-state index in [9.17, 15) is 25.1 Å². The van der Waals surface area contributed by atoms with Crippen molar-refractivity contribution in [2.75, 3.05) is 18.9 Å². The maximum atomic E-state index is 12.5. The lowest BCUT2D eigenvalue weighted by molar-refractivity contribution is -0.129. The molecule has 0 atom stereocenters. The molecule has 2 aromatic carbocycles. The Morgan fingerprint density at radius 3 is 2.29 bits per heavy atom. The summed E-state index contributed by atoms with van der Waals surface area (Å²) in [6, 6.07) is 12.6. The van der Waals surface area contributed by atoms with Crippen LogP contribution >= 0.6 is 23.2 Å². The molecule has 0 spiro atoms. The molecule has 144 valence electrons. The molecule has 2 amide bonds. The number of halogens is 2. The molecule has 0 aliphatic heterocycles. The highest BCUT2D eigenvalue weighted by Gasteiger charge is 2.23. The summed E-state index contributed by atoms with van der Waals surface area (Å²) in [5.41, 5.74) is -0.0757. The minimum absolute atomic E-state index is 0.0279. The standard InChI is InChI=1S/C19H15Cl2N3O4/c1-24(10-16(25)23-12-5-3-2-4-6-12)19(28)13(9-22)17(26)11-7-14(20)18(27)15(21)8-11/h2-8,26-27H,10H2,1H3,(H,23,25)/b17-13-. The van der Waals surface area contributed by atoms with Crippen LogP contribution in [0.15, 0.2) is 48.0 Å². The van der Waals surface area contributed by atoms with Crippen molar-refractivity contribution in [1.29, 1.82) is 5.26 Å². The molecular formula is C19H15Cl2N3O4. The van der Waals surface area contributed by atoms with Gasteiger partial charge in [0.25, 0.3) is 5.91 Å². The molecule has 9 heteroatoms. The SMILES string of the molecule is CN(CC(=O)Nc1ccccc1)C(=O)/C(C#N)=C(\O)c1cc(Cl)c(O)c(Cl)c1. The van der Waals surface area contributed by atoms with Gasteiger partial charge in [0, 0.05) is 18.3 Å². The lowest BCUT2D eigenvalue weighted by atomic mass is 10.1. The van der Waals surface area contributed by atoms with E-state index < -0.39 is 23.1 Å². The van der Waals surface area contributed by atoms with Crippen molar-refractivity contribution >= 4 is 46.5 Å². The number of likely N-dealkylation sites (N-methyl/N-ethyl adjacent to an activating group) is 1. The minimum atomic E-state index is -0.872. The fraction of sp³-hybridized carbons (Fsp3) is 0.105. The van der Waals surface area contributed by atoms with Gasteiger partial charge < -0.3 is 20.4 Å². The number of carbonyl (C=O) groups is 2. The summed E-state index contributed by atoms with van der Waals surface area (Å²) in [5, 5.41) is 31.5. The Labute approximate surface area is 171 Å². The second kappa shape index (κ2) is 9.13. The van der Waals surface area contributed by atoms with Gasteiger partial charge >= 0.3 is 0 Å². The van der Waals surface area contributed by atoms with Crippen molar-refractivity contribution < 1.29 is 19.8 Å². The van der Waals surface area contributed by atoms with Gasteiger partial charge in [-0.05, 0) is 24.3 Å². The molecule has 3 N–H and O–H groups in total. The number of carbonyl (C=O) groups excluding carboxylic acids is 2. The maximum Gasteiger partial charge on any atom is 0.268 e. The summed E-state index contributed by atoms with van der Waals surface area (Å²) in [5.74, 6) is -2.41. The number of hydrogen-bond donors (Lipinski definition) is 3. The van der Waals surface area contributed by atoms with E-state index >= 15 is 0 Å². The van der Waals surface area contributed by atoms with E-state index in [1.165, 1.54) is 7.05 Å². The summed E-state index contributed by atoms with van der Waals surface area (Å²) < 4.78 is 0. The van der Waals surface area contributed by atoms with E-state index in [2.05, 4.69) is 5.32 Å². The average molecular weight is 420 g/mol. The van der Waals surface area contributed by atoms with Gasteiger partial charge in [-0.2, -0.15) is 5.26 Å². The van der Waals surface area contributed by atoms with Crippen LogP contribution in [0.4, 0.5) is 5.69 Å². The van der Waals surface area contributed by atoms with Crippen molar-refractivity contribution in [2.24, 2.45) is 0 Å². The summed E-state index contributed by atoms with van der Waals surface area (Å²) in [7, 11) is 1.31. The predicted octanol–water partition coefficient (Wildman–Crippen LogP) is 3.59. The molecule has 0 saturated carbocycles. The van der Waals surface area contributed by atoms with Gasteiger partial charge in [0.2, 0.25) is 5.91 Å². The van der Waals surface area contributed by atoms with Gasteiger partial charge in [0.05, 0.1) is 16.6 Å². The van der Waals surface area contributed by atoms with Crippen LogP contribution in [-0.2, 0) is 9.59 Å². The fourth-order valence-corrected chi connectivity index (χ4v) is 2.74. The third-order valence-electron chi connectivity index (χ3n) is 3.64. The number of rotatable bonds is 5. The smallest absolute Gasteiger partial charge is 0.268 e. The number of phenols is 1. The number of aliphatic hydroxyl groups is 1. The molecule has 7 nitrogen and oxygen atoms in total. The Kier molecular flexibility index (Phi) is 6.88. The molecule has 2 rings (SSSR count). The topological polar surface area (TPSA) is 114 Å². The summed E-state index contributed by atoms with van der Waals surface area (Å²) in [4.78, 5) is 25.6. The van der Waals surface area contributed by atoms with E-state index in [1.807, 2.05) is 0 Å². The quantitative estimate of drug-likeness (QED) is 0.389. The Bertz CT molecular complexity index is 961. The van der Waals surface area contributed by atoms with Crippen LogP contribution in [0.3, 0.4) is 0 Å². The number of aromatic hydroxyl groups is 1. The van der Waals surface area contributed by atoms with Gasteiger partial charge in [-0.25, -0.2) is 0 Å². The molecule has 0 aromatic heterocycles. The highest BCUT2D eigenvalue weighted by atomic mass is 35.5. The van der Waals surface area contributed by atoms with Crippen LogP contribution in [-0.4, -0.2) is 40.5 Å². The highest BCUT2D eigenvalue weighted by Crippen LogP contribution is 2.35. The number of nitrogens with one attached hydrogen (secondary N) is 1. The number of benzene rings is 2. The first-order chi connectivity index (χ1) is 13.2. The van der Waals surface area contributed by atoms with Crippen molar-refractivity contribution in [3.05, 3.63) is 63.6 Å². The lowest BCUT2D eigenvalue weighted by Crippen LogP contribution is -2.35. The molecule has 0 unspecified atom stereocenters. The zero-order valence-corrected chi connectivity index (χ0v) is 16.1. The van der Waals surface area contributed by atoms with Crippen LogP contribution in [0, 0.1) is 11.3 Å². The number of para-hydroxylation sites is 1. The Balaban J connectivity index is 2.20. The predicted molar refractivity (Wildman–Crippen MR) is 106 cm³/mol. The number of anilines is 1. The number of nitriles is 1. The van der Waals surface area contributed by atoms with Gasteiger partial charge in [-0.1, -0.05) is 41.4 Å². The van der Waals surface area contributed by atoms with E-state index in [0.29, 0.717) is 5.69 Å². The van der Waals surface area contributed by atoms with Gasteiger partial charge in [0.1, 0.15) is 11.8 Å². The van der Waals surface area contributed by atoms with Gasteiger partial charge in [-0.15, -0.1) is 0 Å². The van der Waals surface area contributed by atoms with Crippen LogP contribution in [0.5, 0.6) is 5.75 Å². The molecule has 0 bridgehead atoms. The molecule has 0 saturated heterocycles. The number of aliphatic hydroxyl groups excluding tert-OH is 1. The van der Waals surface area contributed by atoms with Crippen molar-refractivity contribution in [1.82, 2.24) is 4.90 Å². The molecule has 0 aliphatic rings. The van der Waals surface area contributed by atoms with Crippen LogP contribution in [0.25, 0.3) is 5.76 Å². The van der Waals surface area contributed by atoms with Crippen LogP contribution < -0.4 is 5.32 Å². The second-order valence-electron chi connectivity index (χ2n) is 5.70. The first-order valence-corrected chi connectivity index (χ1v) is 8.62. The molecule has 2 aromatic rings. The lowest BCUT2D eigenvalue weighted by Gasteiger charge is -2.17. The fourth-order valence-electron chi connectivity index (χ4n) is 2.25. The molecule has 0 radical (unpaired) electrons. The maximum absolute atomic E-state index is 12.5. The van der Waals surface area contributed by atoms with Gasteiger partial charge in [-0.3, -0.25) is 9.59 Å². The third-order valence-corrected chi connectivity index (χ3v) is 4.21. The Morgan fingerprint density at radius 1 is 1.18 bits per heavy atom. The van der Waals surface area contributed by atoms with E-state index in [-0.39, 0.29) is 27.9 Å². The molecule has 0 aliphatic carbocycles. The number of hydrogen-bond acceptors (Lipinski definition) is 5. The van der Waals surface area contributed by atoms with E-state index in [1.54, 1.807) is 36.4 Å². The zero-order chi connectivity index (χ0) is 20.8. The number of phenolic OH excluding ortho intramolecular Hbond substituents is 1. The molecule has 28 heavy (non-hydrogen) atoms. The molecule has 0 fully saturated rings. The first kappa shape index (κ1) is 21.1. The van der Waals surface area contributed by atoms with Crippen LogP contribution in [0.2, 0.25) is 10.0 Å². The summed E-state index contributed by atoms with van der Waals surface area (Å²) in [6.07, 6.45) is 0. The number of amides is 2. The summed E-state index contributed by atoms with van der Waals surface area (Å²) >= 11 is 11.6. The zero-order valence-electron chi connectivity index (χ0n) is 14.6.